The molecule has 1 fully saturated rings. The highest BCUT2D eigenvalue weighted by atomic mass is 16.5. The van der Waals surface area contributed by atoms with Crippen molar-refractivity contribution in [2.24, 2.45) is 10.7 Å². The van der Waals surface area contributed by atoms with Gasteiger partial charge in [0.25, 0.3) is 0 Å². The number of nitrogens with two attached hydrogens (primary N) is 1. The molecule has 1 aromatic heterocycles. The number of aryl methyl sites for hydroxylation is 1. The Morgan fingerprint density at radius 1 is 1.67 bits per heavy atom. The van der Waals surface area contributed by atoms with Crippen LogP contribution in [0.5, 0.6) is 0 Å². The van der Waals surface area contributed by atoms with Crippen LogP contribution in [-0.2, 0) is 6.42 Å². The van der Waals surface area contributed by atoms with Gasteiger partial charge in [-0.25, -0.2) is 0 Å². The molecule has 0 saturated heterocycles. The Hall–Kier alpha value is -1.59. The lowest BCUT2D eigenvalue weighted by molar-refractivity contribution is 0.376. The van der Waals surface area contributed by atoms with Crippen molar-refractivity contribution in [2.45, 2.75) is 32.2 Å². The van der Waals surface area contributed by atoms with E-state index >= 15 is 0 Å². The SMILES string of the molecule is Cc1noc(CCN=C(N)NC2CC2)n1. The number of hydrogen-bond acceptors (Lipinski definition) is 4. The minimum atomic E-state index is 0.508. The summed E-state index contributed by atoms with van der Waals surface area (Å²) in [6.07, 6.45) is 3.02. The molecule has 0 unspecified atom stereocenters. The highest BCUT2D eigenvalue weighted by Gasteiger charge is 2.21. The average Bonchev–Trinajstić information content (AvgIpc) is 2.89. The van der Waals surface area contributed by atoms with Gasteiger partial charge in [0.15, 0.2) is 11.8 Å². The number of nitrogens with zero attached hydrogens (tertiary/aromatic N) is 3. The van der Waals surface area contributed by atoms with Gasteiger partial charge in [-0.2, -0.15) is 4.98 Å². The molecule has 0 atom stereocenters. The Kier molecular flexibility index (Phi) is 2.84. The van der Waals surface area contributed by atoms with Crippen LogP contribution in [0.2, 0.25) is 0 Å². The fourth-order valence-corrected chi connectivity index (χ4v) is 1.20. The Bertz CT molecular complexity index is 355. The van der Waals surface area contributed by atoms with Crippen LogP contribution in [0.15, 0.2) is 9.52 Å². The number of rotatable bonds is 4. The number of aromatic nitrogens is 2. The van der Waals surface area contributed by atoms with Crippen molar-refractivity contribution in [3.8, 4) is 0 Å². The van der Waals surface area contributed by atoms with Crippen molar-refractivity contribution >= 4 is 5.96 Å². The average molecular weight is 209 g/mol. The number of nitrogens with one attached hydrogen (secondary N) is 1. The third-order valence-electron chi connectivity index (χ3n) is 2.11. The molecule has 1 aliphatic rings. The van der Waals surface area contributed by atoms with E-state index in [1.165, 1.54) is 12.8 Å². The summed E-state index contributed by atoms with van der Waals surface area (Å²) in [4.78, 5) is 8.24. The van der Waals surface area contributed by atoms with Crippen molar-refractivity contribution in [1.29, 1.82) is 0 Å². The van der Waals surface area contributed by atoms with E-state index in [9.17, 15) is 0 Å². The van der Waals surface area contributed by atoms with E-state index in [2.05, 4.69) is 20.4 Å². The Labute approximate surface area is 88.0 Å². The van der Waals surface area contributed by atoms with Gasteiger partial charge in [0.05, 0.1) is 6.54 Å². The van der Waals surface area contributed by atoms with Gasteiger partial charge in [-0.05, 0) is 19.8 Å². The summed E-state index contributed by atoms with van der Waals surface area (Å²) < 4.78 is 4.95. The van der Waals surface area contributed by atoms with Gasteiger partial charge in [-0.15, -0.1) is 0 Å². The molecule has 82 valence electrons. The molecule has 0 bridgehead atoms. The van der Waals surface area contributed by atoms with E-state index in [1.807, 2.05) is 0 Å². The van der Waals surface area contributed by atoms with Crippen LogP contribution in [-0.4, -0.2) is 28.7 Å². The lowest BCUT2D eigenvalue weighted by Crippen LogP contribution is -2.33. The molecule has 0 radical (unpaired) electrons. The quantitative estimate of drug-likeness (QED) is 0.537. The van der Waals surface area contributed by atoms with Crippen LogP contribution < -0.4 is 11.1 Å². The maximum Gasteiger partial charge on any atom is 0.228 e. The first kappa shape index (κ1) is 9.95. The molecule has 1 aromatic rings. The first-order valence-electron chi connectivity index (χ1n) is 5.09. The van der Waals surface area contributed by atoms with Crippen molar-refractivity contribution in [2.75, 3.05) is 6.54 Å². The lowest BCUT2D eigenvalue weighted by atomic mass is 10.4. The maximum absolute atomic E-state index is 5.66. The first-order valence-corrected chi connectivity index (χ1v) is 5.09. The number of aliphatic imine (C=N–C) groups is 1. The normalized spacial score (nSPS) is 16.7. The molecule has 1 heterocycles. The van der Waals surface area contributed by atoms with Gasteiger partial charge >= 0.3 is 0 Å². The molecule has 15 heavy (non-hydrogen) atoms. The fourth-order valence-electron chi connectivity index (χ4n) is 1.20. The first-order chi connectivity index (χ1) is 7.24. The van der Waals surface area contributed by atoms with E-state index in [1.54, 1.807) is 6.92 Å². The minimum Gasteiger partial charge on any atom is -0.370 e. The maximum atomic E-state index is 5.66. The van der Waals surface area contributed by atoms with Gasteiger partial charge in [0.1, 0.15) is 0 Å². The summed E-state index contributed by atoms with van der Waals surface area (Å²) in [6.45, 7) is 2.37. The molecular formula is C9H15N5O. The second kappa shape index (κ2) is 4.29. The van der Waals surface area contributed by atoms with Crippen LogP contribution in [0, 0.1) is 6.92 Å². The van der Waals surface area contributed by atoms with Crippen LogP contribution in [0.4, 0.5) is 0 Å². The van der Waals surface area contributed by atoms with Crippen LogP contribution in [0.3, 0.4) is 0 Å². The van der Waals surface area contributed by atoms with Gasteiger partial charge in [-0.1, -0.05) is 5.16 Å². The summed E-state index contributed by atoms with van der Waals surface area (Å²) in [5.41, 5.74) is 5.66. The van der Waals surface area contributed by atoms with Gasteiger partial charge in [-0.3, -0.25) is 4.99 Å². The van der Waals surface area contributed by atoms with Gasteiger partial charge < -0.3 is 15.6 Å². The van der Waals surface area contributed by atoms with E-state index in [0.717, 1.165) is 0 Å². The second-order valence-electron chi connectivity index (χ2n) is 3.67. The van der Waals surface area contributed by atoms with Crippen LogP contribution in [0.25, 0.3) is 0 Å². The molecule has 6 heteroatoms. The summed E-state index contributed by atoms with van der Waals surface area (Å²) in [5.74, 6) is 1.77. The number of hydrogen-bond donors (Lipinski definition) is 2. The van der Waals surface area contributed by atoms with Crippen LogP contribution in [0.1, 0.15) is 24.6 Å². The lowest BCUT2D eigenvalue weighted by Gasteiger charge is -2.01. The Balaban J connectivity index is 1.72. The monoisotopic (exact) mass is 209 g/mol. The summed E-state index contributed by atoms with van der Waals surface area (Å²) in [7, 11) is 0. The van der Waals surface area contributed by atoms with E-state index < -0.39 is 0 Å². The molecule has 1 saturated carbocycles. The van der Waals surface area contributed by atoms with E-state index in [-0.39, 0.29) is 0 Å². The smallest absolute Gasteiger partial charge is 0.228 e. The standard InChI is InChI=1S/C9H15N5O/c1-6-12-8(15-14-6)4-5-11-9(10)13-7-2-3-7/h7H,2-5H2,1H3,(H3,10,11,13). The molecular weight excluding hydrogens is 194 g/mol. The Morgan fingerprint density at radius 2 is 2.47 bits per heavy atom. The minimum absolute atomic E-state index is 0.508. The molecule has 0 aromatic carbocycles. The van der Waals surface area contributed by atoms with E-state index in [4.69, 9.17) is 10.3 Å². The van der Waals surface area contributed by atoms with Crippen molar-refractivity contribution < 1.29 is 4.52 Å². The second-order valence-corrected chi connectivity index (χ2v) is 3.67. The third kappa shape index (κ3) is 3.23. The largest absolute Gasteiger partial charge is 0.370 e. The zero-order valence-corrected chi connectivity index (χ0v) is 8.73. The summed E-state index contributed by atoms with van der Waals surface area (Å²) in [6, 6.07) is 0.541. The highest BCUT2D eigenvalue weighted by molar-refractivity contribution is 5.78. The molecule has 6 nitrogen and oxygen atoms in total. The zero-order chi connectivity index (χ0) is 10.7. The topological polar surface area (TPSA) is 89.3 Å². The van der Waals surface area contributed by atoms with Crippen LogP contribution >= 0.6 is 0 Å². The van der Waals surface area contributed by atoms with Crippen molar-refractivity contribution in [3.05, 3.63) is 11.7 Å². The predicted molar refractivity (Wildman–Crippen MR) is 55.4 cm³/mol. The third-order valence-corrected chi connectivity index (χ3v) is 2.11. The van der Waals surface area contributed by atoms with Crippen molar-refractivity contribution in [3.63, 3.8) is 0 Å². The molecule has 0 aliphatic heterocycles. The van der Waals surface area contributed by atoms with Gasteiger partial charge in [0.2, 0.25) is 5.89 Å². The van der Waals surface area contributed by atoms with E-state index in [0.29, 0.717) is 36.7 Å². The number of guanidine groups is 1. The summed E-state index contributed by atoms with van der Waals surface area (Å²) in [5, 5.41) is 6.80. The summed E-state index contributed by atoms with van der Waals surface area (Å²) >= 11 is 0. The Morgan fingerprint density at radius 3 is 3.07 bits per heavy atom. The zero-order valence-electron chi connectivity index (χ0n) is 8.73. The predicted octanol–water partition coefficient (Wildman–Crippen LogP) is -0.0128. The van der Waals surface area contributed by atoms with Crippen molar-refractivity contribution in [1.82, 2.24) is 15.5 Å². The molecule has 1 aliphatic carbocycles. The van der Waals surface area contributed by atoms with Gasteiger partial charge in [0, 0.05) is 12.5 Å². The molecule has 0 amide bonds. The molecule has 2 rings (SSSR count). The fraction of sp³-hybridized carbons (Fsp3) is 0.667. The molecule has 3 N–H and O–H groups in total. The highest BCUT2D eigenvalue weighted by Crippen LogP contribution is 2.17. The molecule has 0 spiro atoms.